The second kappa shape index (κ2) is 5.39. The van der Waals surface area contributed by atoms with Crippen LogP contribution in [0.5, 0.6) is 0 Å². The molecule has 0 aromatic heterocycles. The first-order valence-electron chi connectivity index (χ1n) is 9.40. The van der Waals surface area contributed by atoms with Gasteiger partial charge in [0.15, 0.2) is 17.7 Å². The smallest absolute Gasteiger partial charge is 0.306 e. The van der Waals surface area contributed by atoms with E-state index in [0.29, 0.717) is 18.3 Å². The lowest BCUT2D eigenvalue weighted by atomic mass is 9.46. The first-order chi connectivity index (χ1) is 11.8. The lowest BCUT2D eigenvalue weighted by Gasteiger charge is -2.59. The van der Waals surface area contributed by atoms with E-state index < -0.39 is 6.10 Å². The molecule has 4 rings (SSSR count). The van der Waals surface area contributed by atoms with Crippen LogP contribution in [0.15, 0.2) is 23.8 Å². The molecule has 1 saturated heterocycles. The van der Waals surface area contributed by atoms with E-state index in [1.54, 1.807) is 6.08 Å². The van der Waals surface area contributed by atoms with Gasteiger partial charge in [0.25, 0.3) is 0 Å². The standard InChI is InChI=1S/C21H26O4/c1-12(22)19-21(3)9-7-16-15(17(21)11-18(24)25-19)5-4-13-10-14(23)6-8-20(13,16)2/h6,8,10,15-17,19H,4-5,7,9,11H2,1-3H3. The van der Waals surface area contributed by atoms with E-state index in [-0.39, 0.29) is 34.3 Å². The van der Waals surface area contributed by atoms with E-state index in [4.69, 9.17) is 4.74 Å². The number of allylic oxidation sites excluding steroid dienone is 4. The highest BCUT2D eigenvalue weighted by Gasteiger charge is 2.60. The molecule has 0 aromatic carbocycles. The largest absolute Gasteiger partial charge is 0.454 e. The van der Waals surface area contributed by atoms with Crippen molar-refractivity contribution in [1.82, 2.24) is 0 Å². The van der Waals surface area contributed by atoms with Crippen LogP contribution >= 0.6 is 0 Å². The van der Waals surface area contributed by atoms with Gasteiger partial charge in [-0.2, -0.15) is 0 Å². The fourth-order valence-corrected chi connectivity index (χ4v) is 6.30. The number of ether oxygens (including phenoxy) is 1. The van der Waals surface area contributed by atoms with Gasteiger partial charge in [0.2, 0.25) is 0 Å². The molecule has 3 fully saturated rings. The van der Waals surface area contributed by atoms with Crippen molar-refractivity contribution < 1.29 is 19.1 Å². The highest BCUT2D eigenvalue weighted by atomic mass is 16.5. The molecule has 4 heteroatoms. The number of carbonyl (C=O) groups is 3. The average molecular weight is 342 g/mol. The van der Waals surface area contributed by atoms with Gasteiger partial charge >= 0.3 is 5.97 Å². The Morgan fingerprint density at radius 1 is 1.20 bits per heavy atom. The van der Waals surface area contributed by atoms with Crippen LogP contribution in [0.25, 0.3) is 0 Å². The van der Waals surface area contributed by atoms with Crippen molar-refractivity contribution in [3.8, 4) is 0 Å². The van der Waals surface area contributed by atoms with Crippen molar-refractivity contribution in [3.05, 3.63) is 23.8 Å². The Morgan fingerprint density at radius 2 is 1.96 bits per heavy atom. The maximum Gasteiger partial charge on any atom is 0.306 e. The second-order valence-electron chi connectivity index (χ2n) is 8.83. The van der Waals surface area contributed by atoms with Crippen molar-refractivity contribution in [1.29, 1.82) is 0 Å². The normalized spacial score (nSPS) is 45.6. The Hall–Kier alpha value is -1.71. The molecule has 6 unspecified atom stereocenters. The lowest BCUT2D eigenvalue weighted by molar-refractivity contribution is -0.193. The van der Waals surface area contributed by atoms with Crippen LogP contribution in [0, 0.1) is 28.6 Å². The summed E-state index contributed by atoms with van der Waals surface area (Å²) >= 11 is 0. The molecule has 1 aliphatic heterocycles. The third-order valence-electron chi connectivity index (χ3n) is 7.60. The minimum atomic E-state index is -0.604. The van der Waals surface area contributed by atoms with E-state index in [0.717, 1.165) is 25.7 Å². The van der Waals surface area contributed by atoms with E-state index in [1.807, 2.05) is 6.08 Å². The first-order valence-corrected chi connectivity index (χ1v) is 9.40. The maximum absolute atomic E-state index is 12.2. The molecule has 2 saturated carbocycles. The first kappa shape index (κ1) is 16.7. The number of fused-ring (bicyclic) bond motifs is 5. The van der Waals surface area contributed by atoms with E-state index in [1.165, 1.54) is 12.5 Å². The van der Waals surface area contributed by atoms with E-state index in [2.05, 4.69) is 19.9 Å². The predicted molar refractivity (Wildman–Crippen MR) is 92.6 cm³/mol. The molecule has 0 aromatic rings. The number of cyclic esters (lactones) is 1. The van der Waals surface area contributed by atoms with Crippen LogP contribution in [-0.4, -0.2) is 23.6 Å². The van der Waals surface area contributed by atoms with Gasteiger partial charge in [0, 0.05) is 17.3 Å². The van der Waals surface area contributed by atoms with Gasteiger partial charge in [-0.05, 0) is 62.5 Å². The quantitative estimate of drug-likeness (QED) is 0.685. The minimum absolute atomic E-state index is 0.0373. The zero-order valence-electron chi connectivity index (χ0n) is 15.2. The summed E-state index contributed by atoms with van der Waals surface area (Å²) in [6.07, 6.45) is 9.21. The highest BCUT2D eigenvalue weighted by Crippen LogP contribution is 2.63. The summed E-state index contributed by atoms with van der Waals surface area (Å²) in [7, 11) is 0. The molecule has 0 amide bonds. The summed E-state index contributed by atoms with van der Waals surface area (Å²) in [6.45, 7) is 5.92. The number of rotatable bonds is 1. The van der Waals surface area contributed by atoms with Crippen molar-refractivity contribution in [2.45, 2.75) is 59.0 Å². The van der Waals surface area contributed by atoms with Crippen LogP contribution in [0.2, 0.25) is 0 Å². The summed E-state index contributed by atoms with van der Waals surface area (Å²) in [5.74, 6) is 0.825. The van der Waals surface area contributed by atoms with Crippen LogP contribution in [0.3, 0.4) is 0 Å². The summed E-state index contributed by atoms with van der Waals surface area (Å²) in [5.41, 5.74) is 0.893. The van der Waals surface area contributed by atoms with E-state index in [9.17, 15) is 14.4 Å². The third-order valence-corrected chi connectivity index (χ3v) is 7.60. The molecule has 0 N–H and O–H groups in total. The second-order valence-corrected chi connectivity index (χ2v) is 8.83. The predicted octanol–water partition coefficient (Wildman–Crippen LogP) is 3.41. The minimum Gasteiger partial charge on any atom is -0.454 e. The summed E-state index contributed by atoms with van der Waals surface area (Å²) < 4.78 is 5.49. The van der Waals surface area contributed by atoms with E-state index >= 15 is 0 Å². The molecule has 0 bridgehead atoms. The Labute approximate surface area is 148 Å². The fraction of sp³-hybridized carbons (Fsp3) is 0.667. The molecule has 1 heterocycles. The molecular weight excluding hydrogens is 316 g/mol. The average Bonchev–Trinajstić information content (AvgIpc) is 2.55. The Morgan fingerprint density at radius 3 is 2.68 bits per heavy atom. The lowest BCUT2D eigenvalue weighted by Crippen LogP contribution is -2.59. The molecule has 3 aliphatic carbocycles. The van der Waals surface area contributed by atoms with Gasteiger partial charge < -0.3 is 4.74 Å². The molecule has 4 aliphatic rings. The molecular formula is C21H26O4. The summed E-state index contributed by atoms with van der Waals surface area (Å²) in [5, 5.41) is 0. The van der Waals surface area contributed by atoms with Gasteiger partial charge in [0.05, 0.1) is 0 Å². The van der Waals surface area contributed by atoms with Crippen molar-refractivity contribution in [2.75, 3.05) is 0 Å². The van der Waals surface area contributed by atoms with Gasteiger partial charge in [-0.25, -0.2) is 0 Å². The van der Waals surface area contributed by atoms with Crippen LogP contribution < -0.4 is 0 Å². The number of ketones is 2. The Balaban J connectivity index is 1.72. The number of hydrogen-bond acceptors (Lipinski definition) is 4. The third kappa shape index (κ3) is 2.29. The fourth-order valence-electron chi connectivity index (χ4n) is 6.30. The molecule has 6 atom stereocenters. The summed E-state index contributed by atoms with van der Waals surface area (Å²) in [6, 6.07) is 0. The number of esters is 1. The zero-order chi connectivity index (χ0) is 18.0. The van der Waals surface area contributed by atoms with Crippen molar-refractivity contribution in [2.24, 2.45) is 28.6 Å². The van der Waals surface area contributed by atoms with Gasteiger partial charge in [-0.3, -0.25) is 14.4 Å². The van der Waals surface area contributed by atoms with Crippen molar-refractivity contribution in [3.63, 3.8) is 0 Å². The zero-order valence-corrected chi connectivity index (χ0v) is 15.2. The number of carbonyl (C=O) groups excluding carboxylic acids is 3. The highest BCUT2D eigenvalue weighted by molar-refractivity contribution is 6.01. The molecule has 4 nitrogen and oxygen atoms in total. The van der Waals surface area contributed by atoms with Crippen LogP contribution in [-0.2, 0) is 19.1 Å². The number of hydrogen-bond donors (Lipinski definition) is 0. The van der Waals surface area contributed by atoms with Crippen LogP contribution in [0.4, 0.5) is 0 Å². The Kier molecular flexibility index (Phi) is 3.61. The Bertz CT molecular complexity index is 717. The topological polar surface area (TPSA) is 60.4 Å². The number of Topliss-reactive ketones (excluding diaryl/α,β-unsaturated/α-hetero) is 1. The monoisotopic (exact) mass is 342 g/mol. The van der Waals surface area contributed by atoms with Gasteiger partial charge in [0.1, 0.15) is 0 Å². The molecule has 25 heavy (non-hydrogen) atoms. The van der Waals surface area contributed by atoms with Gasteiger partial charge in [-0.15, -0.1) is 0 Å². The van der Waals surface area contributed by atoms with Gasteiger partial charge in [-0.1, -0.05) is 25.5 Å². The molecule has 0 radical (unpaired) electrons. The van der Waals surface area contributed by atoms with Crippen LogP contribution in [0.1, 0.15) is 52.9 Å². The van der Waals surface area contributed by atoms with Crippen molar-refractivity contribution >= 4 is 17.5 Å². The molecule has 134 valence electrons. The SMILES string of the molecule is CC(=O)C1OC(=O)CC2C3CCC4=CC(=O)C=CC4(C)C3CCC12C. The summed E-state index contributed by atoms with van der Waals surface area (Å²) in [4.78, 5) is 36.2. The molecule has 0 spiro atoms. The maximum atomic E-state index is 12.2.